The van der Waals surface area contributed by atoms with E-state index in [4.69, 9.17) is 4.74 Å². The third-order valence-electron chi connectivity index (χ3n) is 3.15. The monoisotopic (exact) mass is 264 g/mol. The van der Waals surface area contributed by atoms with Gasteiger partial charge in [0.2, 0.25) is 0 Å². The molecule has 2 N–H and O–H groups in total. The Morgan fingerprint density at radius 1 is 1.42 bits per heavy atom. The molecular formula is C13H16N2O4. The molecule has 1 aromatic rings. The molecule has 1 aromatic carbocycles. The first-order valence-corrected chi connectivity index (χ1v) is 6.02. The van der Waals surface area contributed by atoms with Crippen LogP contribution in [0.4, 0.5) is 5.69 Å². The SMILES string of the molecule is COC(=O)c1ccccc1N1CCNCC1C(=O)O. The summed E-state index contributed by atoms with van der Waals surface area (Å²) in [7, 11) is 1.31. The number of hydrogen-bond acceptors (Lipinski definition) is 5. The number of rotatable bonds is 3. The number of hydrogen-bond donors (Lipinski definition) is 2. The van der Waals surface area contributed by atoms with Crippen LogP contribution < -0.4 is 10.2 Å². The zero-order valence-electron chi connectivity index (χ0n) is 10.6. The number of ether oxygens (including phenoxy) is 1. The van der Waals surface area contributed by atoms with E-state index in [1.165, 1.54) is 7.11 Å². The number of carboxylic acids is 1. The fourth-order valence-corrected chi connectivity index (χ4v) is 2.22. The minimum atomic E-state index is -0.910. The van der Waals surface area contributed by atoms with E-state index in [0.717, 1.165) is 0 Å². The van der Waals surface area contributed by atoms with Crippen LogP contribution in [0.2, 0.25) is 0 Å². The Bertz CT molecular complexity index is 489. The van der Waals surface area contributed by atoms with Crippen molar-refractivity contribution in [2.24, 2.45) is 0 Å². The van der Waals surface area contributed by atoms with E-state index < -0.39 is 18.0 Å². The van der Waals surface area contributed by atoms with Crippen molar-refractivity contribution in [2.75, 3.05) is 31.6 Å². The first kappa shape index (κ1) is 13.4. The fraction of sp³-hybridized carbons (Fsp3) is 0.385. The van der Waals surface area contributed by atoms with E-state index in [1.54, 1.807) is 29.2 Å². The van der Waals surface area contributed by atoms with E-state index >= 15 is 0 Å². The molecule has 102 valence electrons. The highest BCUT2D eigenvalue weighted by atomic mass is 16.5. The van der Waals surface area contributed by atoms with Gasteiger partial charge in [-0.05, 0) is 12.1 Å². The minimum Gasteiger partial charge on any atom is -0.480 e. The summed E-state index contributed by atoms with van der Waals surface area (Å²) in [6.07, 6.45) is 0. The number of nitrogens with zero attached hydrogens (tertiary/aromatic N) is 1. The molecule has 6 nitrogen and oxygen atoms in total. The molecule has 6 heteroatoms. The molecule has 0 aliphatic carbocycles. The second kappa shape index (κ2) is 5.71. The summed E-state index contributed by atoms with van der Waals surface area (Å²) in [5.74, 6) is -1.37. The molecule has 1 unspecified atom stereocenters. The molecule has 0 spiro atoms. The van der Waals surface area contributed by atoms with E-state index in [9.17, 15) is 14.7 Å². The van der Waals surface area contributed by atoms with Gasteiger partial charge < -0.3 is 20.1 Å². The summed E-state index contributed by atoms with van der Waals surface area (Å²) in [6.45, 7) is 1.56. The molecule has 0 radical (unpaired) electrons. The van der Waals surface area contributed by atoms with Crippen LogP contribution >= 0.6 is 0 Å². The van der Waals surface area contributed by atoms with Crippen molar-refractivity contribution in [1.29, 1.82) is 0 Å². The van der Waals surface area contributed by atoms with Crippen LogP contribution in [0.1, 0.15) is 10.4 Å². The summed E-state index contributed by atoms with van der Waals surface area (Å²) in [5.41, 5.74) is 0.987. The average Bonchev–Trinajstić information content (AvgIpc) is 2.46. The third-order valence-corrected chi connectivity index (χ3v) is 3.15. The molecule has 1 saturated heterocycles. The maximum Gasteiger partial charge on any atom is 0.339 e. The standard InChI is InChI=1S/C13H16N2O4/c1-19-13(18)9-4-2-3-5-10(9)15-7-6-14-8-11(15)12(16)17/h2-5,11,14H,6-8H2,1H3,(H,16,17). The number of methoxy groups -OCH3 is 1. The Balaban J connectivity index is 2.39. The maximum atomic E-state index is 11.7. The number of esters is 1. The van der Waals surface area contributed by atoms with Gasteiger partial charge in [0.05, 0.1) is 18.4 Å². The molecular weight excluding hydrogens is 248 g/mol. The molecule has 1 atom stereocenters. The number of anilines is 1. The van der Waals surface area contributed by atoms with Gasteiger partial charge in [-0.1, -0.05) is 12.1 Å². The molecule has 0 bridgehead atoms. The first-order chi connectivity index (χ1) is 9.15. The molecule has 0 saturated carbocycles. The molecule has 19 heavy (non-hydrogen) atoms. The van der Waals surface area contributed by atoms with Gasteiger partial charge in [0.15, 0.2) is 0 Å². The van der Waals surface area contributed by atoms with Crippen molar-refractivity contribution < 1.29 is 19.4 Å². The number of carbonyl (C=O) groups is 2. The third kappa shape index (κ3) is 2.68. The summed E-state index contributed by atoms with van der Waals surface area (Å²) in [4.78, 5) is 24.8. The Morgan fingerprint density at radius 2 is 2.16 bits per heavy atom. The fourth-order valence-electron chi connectivity index (χ4n) is 2.22. The number of carboxylic acid groups (broad SMARTS) is 1. The molecule has 1 heterocycles. The van der Waals surface area contributed by atoms with Crippen LogP contribution in [0.3, 0.4) is 0 Å². The van der Waals surface area contributed by atoms with E-state index in [0.29, 0.717) is 30.9 Å². The number of aliphatic carboxylic acids is 1. The van der Waals surface area contributed by atoms with Crippen molar-refractivity contribution >= 4 is 17.6 Å². The van der Waals surface area contributed by atoms with Gasteiger partial charge in [0.1, 0.15) is 6.04 Å². The van der Waals surface area contributed by atoms with Crippen molar-refractivity contribution in [3.63, 3.8) is 0 Å². The predicted octanol–water partition coefficient (Wildman–Crippen LogP) is 0.336. The number of para-hydroxylation sites is 1. The lowest BCUT2D eigenvalue weighted by atomic mass is 10.1. The summed E-state index contributed by atoms with van der Waals surface area (Å²) in [6, 6.07) is 6.21. The lowest BCUT2D eigenvalue weighted by Gasteiger charge is -2.36. The van der Waals surface area contributed by atoms with Crippen LogP contribution in [-0.4, -0.2) is 49.8 Å². The normalized spacial score (nSPS) is 19.0. The second-order valence-electron chi connectivity index (χ2n) is 4.26. The van der Waals surface area contributed by atoms with Crippen LogP contribution in [-0.2, 0) is 9.53 Å². The molecule has 2 rings (SSSR count). The van der Waals surface area contributed by atoms with Gasteiger partial charge >= 0.3 is 11.9 Å². The van der Waals surface area contributed by atoms with Gasteiger partial charge in [0.25, 0.3) is 0 Å². The number of carbonyl (C=O) groups excluding carboxylic acids is 1. The lowest BCUT2D eigenvalue weighted by Crippen LogP contribution is -2.55. The summed E-state index contributed by atoms with van der Waals surface area (Å²) < 4.78 is 4.73. The quantitative estimate of drug-likeness (QED) is 0.766. The Hall–Kier alpha value is -2.08. The zero-order chi connectivity index (χ0) is 13.8. The van der Waals surface area contributed by atoms with Crippen molar-refractivity contribution in [3.05, 3.63) is 29.8 Å². The molecule has 1 aliphatic rings. The smallest absolute Gasteiger partial charge is 0.339 e. The lowest BCUT2D eigenvalue weighted by molar-refractivity contribution is -0.138. The average molecular weight is 264 g/mol. The van der Waals surface area contributed by atoms with Crippen LogP contribution in [0.25, 0.3) is 0 Å². The van der Waals surface area contributed by atoms with Gasteiger partial charge in [-0.3, -0.25) is 0 Å². The van der Waals surface area contributed by atoms with Gasteiger partial charge in [-0.15, -0.1) is 0 Å². The van der Waals surface area contributed by atoms with Crippen LogP contribution in [0.15, 0.2) is 24.3 Å². The topological polar surface area (TPSA) is 78.9 Å². The highest BCUT2D eigenvalue weighted by Crippen LogP contribution is 2.24. The van der Waals surface area contributed by atoms with Crippen LogP contribution in [0, 0.1) is 0 Å². The Morgan fingerprint density at radius 3 is 2.84 bits per heavy atom. The Labute approximate surface area is 111 Å². The van der Waals surface area contributed by atoms with E-state index in [1.807, 2.05) is 0 Å². The summed E-state index contributed by atoms with van der Waals surface area (Å²) >= 11 is 0. The molecule has 0 aromatic heterocycles. The van der Waals surface area contributed by atoms with Crippen molar-refractivity contribution in [3.8, 4) is 0 Å². The highest BCUT2D eigenvalue weighted by Gasteiger charge is 2.30. The minimum absolute atomic E-state index is 0.352. The first-order valence-electron chi connectivity index (χ1n) is 6.02. The second-order valence-corrected chi connectivity index (χ2v) is 4.26. The molecule has 1 aliphatic heterocycles. The van der Waals surface area contributed by atoms with Crippen LogP contribution in [0.5, 0.6) is 0 Å². The number of benzene rings is 1. The maximum absolute atomic E-state index is 11.7. The molecule has 1 fully saturated rings. The van der Waals surface area contributed by atoms with Gasteiger partial charge in [-0.25, -0.2) is 9.59 Å². The Kier molecular flexibility index (Phi) is 4.01. The summed E-state index contributed by atoms with van der Waals surface area (Å²) in [5, 5.41) is 12.3. The molecule has 0 amide bonds. The highest BCUT2D eigenvalue weighted by molar-refractivity contribution is 5.96. The van der Waals surface area contributed by atoms with E-state index in [2.05, 4.69) is 5.32 Å². The van der Waals surface area contributed by atoms with Crippen molar-refractivity contribution in [1.82, 2.24) is 5.32 Å². The van der Waals surface area contributed by atoms with Gasteiger partial charge in [-0.2, -0.15) is 0 Å². The van der Waals surface area contributed by atoms with Gasteiger partial charge in [0, 0.05) is 19.6 Å². The van der Waals surface area contributed by atoms with Crippen molar-refractivity contribution in [2.45, 2.75) is 6.04 Å². The predicted molar refractivity (Wildman–Crippen MR) is 69.4 cm³/mol. The number of nitrogens with one attached hydrogen (secondary N) is 1. The zero-order valence-corrected chi connectivity index (χ0v) is 10.6. The van der Waals surface area contributed by atoms with E-state index in [-0.39, 0.29) is 0 Å². The number of piperazine rings is 1. The largest absolute Gasteiger partial charge is 0.480 e.